The highest BCUT2D eigenvalue weighted by molar-refractivity contribution is 5.94. The molecule has 0 unspecified atom stereocenters. The number of carbonyl (C=O) groups excluding carboxylic acids is 1. The summed E-state index contributed by atoms with van der Waals surface area (Å²) >= 11 is 0. The first-order valence-corrected chi connectivity index (χ1v) is 5.27. The molecule has 0 aromatic heterocycles. The summed E-state index contributed by atoms with van der Waals surface area (Å²) in [5.41, 5.74) is 0.897. The van der Waals surface area contributed by atoms with Crippen molar-refractivity contribution in [2.75, 3.05) is 0 Å². The number of hydrogen-bond acceptors (Lipinski definition) is 1. The Balaban J connectivity index is 2.76. The molecule has 0 atom stereocenters. The molecule has 0 aliphatic carbocycles. The number of hydrogen-bond donors (Lipinski definition) is 0. The largest absolute Gasteiger partial charge is 0.294 e. The summed E-state index contributed by atoms with van der Waals surface area (Å²) in [7, 11) is 0. The topological polar surface area (TPSA) is 17.1 Å². The molecule has 80 valence electrons. The summed E-state index contributed by atoms with van der Waals surface area (Å²) in [6, 6.07) is 10.1. The molecule has 0 saturated carbocycles. The molecule has 1 aromatic carbocycles. The summed E-state index contributed by atoms with van der Waals surface area (Å²) in [5, 5.41) is 0. The quantitative estimate of drug-likeness (QED) is 0.684. The number of allylic oxidation sites excluding steroid dienone is 2. The Bertz CT molecular complexity index is 347. The molecule has 1 nitrogen and oxygen atoms in total. The van der Waals surface area contributed by atoms with Gasteiger partial charge in [0.25, 0.3) is 0 Å². The molecule has 0 bridgehead atoms. The van der Waals surface area contributed by atoms with Crippen LogP contribution in [0.5, 0.6) is 0 Å². The first-order chi connectivity index (χ1) is 7.06. The second kappa shape index (κ2) is 4.92. The predicted octanol–water partition coefficient (Wildman–Crippen LogP) is 3.40. The molecule has 0 spiro atoms. The normalized spacial score (nSPS) is 11.9. The van der Waals surface area contributed by atoms with Gasteiger partial charge in [0.05, 0.1) is 0 Å². The molecule has 0 saturated heterocycles. The Morgan fingerprint density at radius 2 is 1.87 bits per heavy atom. The highest BCUT2D eigenvalue weighted by atomic mass is 16.1. The minimum absolute atomic E-state index is 0.189. The maximum atomic E-state index is 11.8. The van der Waals surface area contributed by atoms with Crippen LogP contribution in [0.15, 0.2) is 42.5 Å². The Morgan fingerprint density at radius 3 is 2.40 bits per heavy atom. The van der Waals surface area contributed by atoms with E-state index in [1.54, 1.807) is 12.2 Å². The minimum Gasteiger partial charge on any atom is -0.294 e. The molecule has 0 heterocycles. The van der Waals surface area contributed by atoms with Crippen molar-refractivity contribution in [2.45, 2.75) is 27.2 Å². The molecule has 0 aliphatic rings. The van der Waals surface area contributed by atoms with Gasteiger partial charge in [-0.3, -0.25) is 4.79 Å². The van der Waals surface area contributed by atoms with Crippen molar-refractivity contribution in [3.8, 4) is 0 Å². The molecule has 0 N–H and O–H groups in total. The molecule has 15 heavy (non-hydrogen) atoms. The van der Waals surface area contributed by atoms with E-state index >= 15 is 0 Å². The summed E-state index contributed by atoms with van der Waals surface area (Å²) in [6.07, 6.45) is 4.25. The summed E-state index contributed by atoms with van der Waals surface area (Å²) in [5.74, 6) is 0.189. The van der Waals surface area contributed by atoms with Crippen LogP contribution < -0.4 is 0 Å². The predicted molar refractivity (Wildman–Crippen MR) is 63.7 cm³/mol. The average molecular weight is 202 g/mol. The van der Waals surface area contributed by atoms with Crippen molar-refractivity contribution < 1.29 is 4.79 Å². The molecule has 0 aliphatic heterocycles. The number of carbonyl (C=O) groups is 1. The second-order valence-corrected chi connectivity index (χ2v) is 4.41. The zero-order chi connectivity index (χ0) is 11.3. The van der Waals surface area contributed by atoms with Gasteiger partial charge in [0.2, 0.25) is 0 Å². The van der Waals surface area contributed by atoms with E-state index in [0.29, 0.717) is 0 Å². The number of benzene rings is 1. The smallest absolute Gasteiger partial charge is 0.161 e. The lowest BCUT2D eigenvalue weighted by atomic mass is 9.81. The Labute approximate surface area is 91.8 Å². The van der Waals surface area contributed by atoms with Gasteiger partial charge in [0.1, 0.15) is 0 Å². The molecule has 1 aromatic rings. The molecule has 0 radical (unpaired) electrons. The lowest BCUT2D eigenvalue weighted by Gasteiger charge is -2.21. The van der Waals surface area contributed by atoms with Crippen LogP contribution in [0.2, 0.25) is 0 Å². The van der Waals surface area contributed by atoms with Crippen molar-refractivity contribution in [1.82, 2.24) is 0 Å². The van der Waals surface area contributed by atoms with E-state index in [0.717, 1.165) is 6.42 Å². The average Bonchev–Trinajstić information content (AvgIpc) is 2.19. The highest BCUT2D eigenvalue weighted by Gasteiger charge is 2.25. The van der Waals surface area contributed by atoms with E-state index in [9.17, 15) is 4.79 Å². The van der Waals surface area contributed by atoms with E-state index in [4.69, 9.17) is 0 Å². The minimum atomic E-state index is -0.312. The molecule has 1 rings (SSSR count). The van der Waals surface area contributed by atoms with Gasteiger partial charge in [0, 0.05) is 5.41 Å². The Morgan fingerprint density at radius 1 is 1.27 bits per heavy atom. The van der Waals surface area contributed by atoms with Crippen molar-refractivity contribution in [1.29, 1.82) is 0 Å². The monoisotopic (exact) mass is 202 g/mol. The van der Waals surface area contributed by atoms with Gasteiger partial charge < -0.3 is 0 Å². The van der Waals surface area contributed by atoms with Crippen LogP contribution in [-0.2, 0) is 11.2 Å². The third-order valence-electron chi connectivity index (χ3n) is 2.47. The third-order valence-corrected chi connectivity index (χ3v) is 2.47. The Hall–Kier alpha value is -1.37. The van der Waals surface area contributed by atoms with Gasteiger partial charge in [-0.1, -0.05) is 50.3 Å². The molecule has 0 fully saturated rings. The van der Waals surface area contributed by atoms with Gasteiger partial charge in [-0.25, -0.2) is 0 Å². The van der Waals surface area contributed by atoms with Gasteiger partial charge >= 0.3 is 0 Å². The zero-order valence-corrected chi connectivity index (χ0v) is 9.66. The van der Waals surface area contributed by atoms with Gasteiger partial charge in [-0.2, -0.15) is 0 Å². The molecule has 1 heteroatoms. The number of ketones is 1. The van der Waals surface area contributed by atoms with E-state index in [1.807, 2.05) is 39.0 Å². The van der Waals surface area contributed by atoms with Gasteiger partial charge in [0.15, 0.2) is 5.78 Å². The summed E-state index contributed by atoms with van der Waals surface area (Å²) < 4.78 is 0. The zero-order valence-electron chi connectivity index (χ0n) is 9.66. The highest BCUT2D eigenvalue weighted by Crippen LogP contribution is 2.23. The molecular weight excluding hydrogens is 184 g/mol. The fraction of sp³-hybridized carbons (Fsp3) is 0.357. The lowest BCUT2D eigenvalue weighted by Crippen LogP contribution is -2.24. The van der Waals surface area contributed by atoms with Crippen LogP contribution in [0.3, 0.4) is 0 Å². The third kappa shape index (κ3) is 3.35. The maximum Gasteiger partial charge on any atom is 0.161 e. The fourth-order valence-electron chi connectivity index (χ4n) is 1.57. The van der Waals surface area contributed by atoms with Crippen LogP contribution in [0, 0.1) is 5.41 Å². The number of rotatable bonds is 4. The van der Waals surface area contributed by atoms with Crippen molar-refractivity contribution >= 4 is 5.78 Å². The van der Waals surface area contributed by atoms with E-state index in [2.05, 4.69) is 12.1 Å². The van der Waals surface area contributed by atoms with Crippen LogP contribution in [0.25, 0.3) is 0 Å². The first-order valence-electron chi connectivity index (χ1n) is 5.27. The molecule has 0 amide bonds. The van der Waals surface area contributed by atoms with Gasteiger partial charge in [-0.15, -0.1) is 0 Å². The molecular formula is C14H18O. The second-order valence-electron chi connectivity index (χ2n) is 4.41. The van der Waals surface area contributed by atoms with Gasteiger partial charge in [-0.05, 0) is 25.0 Å². The van der Waals surface area contributed by atoms with Crippen LogP contribution in [-0.4, -0.2) is 5.78 Å². The van der Waals surface area contributed by atoms with Crippen LogP contribution >= 0.6 is 0 Å². The standard InChI is InChI=1S/C14H18O/c1-4-8-13(15)14(2,3)11-12-9-6-5-7-10-12/h4-10H,11H2,1-3H3/b8-4+. The van der Waals surface area contributed by atoms with E-state index < -0.39 is 0 Å². The van der Waals surface area contributed by atoms with E-state index in [-0.39, 0.29) is 11.2 Å². The van der Waals surface area contributed by atoms with E-state index in [1.165, 1.54) is 5.56 Å². The lowest BCUT2D eigenvalue weighted by molar-refractivity contribution is -0.122. The fourth-order valence-corrected chi connectivity index (χ4v) is 1.57. The maximum absolute atomic E-state index is 11.8. The van der Waals surface area contributed by atoms with Crippen LogP contribution in [0.4, 0.5) is 0 Å². The SMILES string of the molecule is C/C=C/C(=O)C(C)(C)Cc1ccccc1. The van der Waals surface area contributed by atoms with Crippen molar-refractivity contribution in [2.24, 2.45) is 5.41 Å². The summed E-state index contributed by atoms with van der Waals surface area (Å²) in [6.45, 7) is 5.85. The van der Waals surface area contributed by atoms with Crippen LogP contribution in [0.1, 0.15) is 26.3 Å². The Kier molecular flexibility index (Phi) is 3.84. The van der Waals surface area contributed by atoms with Crippen molar-refractivity contribution in [3.05, 3.63) is 48.0 Å². The first kappa shape index (κ1) is 11.7. The summed E-state index contributed by atoms with van der Waals surface area (Å²) in [4.78, 5) is 11.8. The van der Waals surface area contributed by atoms with Crippen molar-refractivity contribution in [3.63, 3.8) is 0 Å².